The molecule has 2 aromatic carbocycles. The Balaban J connectivity index is 1.40. The molecule has 1 aromatic heterocycles. The van der Waals surface area contributed by atoms with Gasteiger partial charge >= 0.3 is 0 Å². The Kier molecular flexibility index (Phi) is 5.92. The maximum Gasteiger partial charge on any atom is 0.253 e. The summed E-state index contributed by atoms with van der Waals surface area (Å²) in [5, 5.41) is 4.18. The minimum absolute atomic E-state index is 0.0368. The van der Waals surface area contributed by atoms with E-state index in [2.05, 4.69) is 25.9 Å². The predicted octanol–water partition coefficient (Wildman–Crippen LogP) is 3.32. The van der Waals surface area contributed by atoms with E-state index in [4.69, 9.17) is 0 Å². The van der Waals surface area contributed by atoms with Gasteiger partial charge in [0.2, 0.25) is 10.0 Å². The van der Waals surface area contributed by atoms with Crippen LogP contribution in [0.3, 0.4) is 0 Å². The molecule has 168 valence electrons. The van der Waals surface area contributed by atoms with Crippen LogP contribution in [0.15, 0.2) is 71.9 Å². The van der Waals surface area contributed by atoms with Crippen LogP contribution in [0.5, 0.6) is 0 Å². The lowest BCUT2D eigenvalue weighted by atomic mass is 9.87. The van der Waals surface area contributed by atoms with Crippen molar-refractivity contribution in [3.05, 3.63) is 78.1 Å². The molecule has 4 rings (SSSR count). The van der Waals surface area contributed by atoms with E-state index in [-0.39, 0.29) is 24.4 Å². The van der Waals surface area contributed by atoms with Crippen LogP contribution in [0.2, 0.25) is 0 Å². The summed E-state index contributed by atoms with van der Waals surface area (Å²) in [6, 6.07) is 16.2. The third kappa shape index (κ3) is 4.47. The van der Waals surface area contributed by atoms with Crippen LogP contribution in [0.4, 0.5) is 0 Å². The van der Waals surface area contributed by atoms with Crippen LogP contribution in [0.1, 0.15) is 36.7 Å². The fraction of sp³-hybridized carbons (Fsp3) is 0.333. The van der Waals surface area contributed by atoms with Crippen LogP contribution >= 0.6 is 0 Å². The summed E-state index contributed by atoms with van der Waals surface area (Å²) in [5.74, 6) is -0.0939. The average molecular weight is 453 g/mol. The molecular formula is C24H28N4O3S. The number of piperazine rings is 1. The second kappa shape index (κ2) is 8.52. The lowest BCUT2D eigenvalue weighted by molar-refractivity contribution is 0.0698. The highest BCUT2D eigenvalue weighted by Gasteiger charge is 2.30. The molecule has 7 nitrogen and oxygen atoms in total. The average Bonchev–Trinajstić information content (AvgIpc) is 3.33. The fourth-order valence-corrected chi connectivity index (χ4v) is 5.19. The van der Waals surface area contributed by atoms with Crippen molar-refractivity contribution in [3.8, 4) is 5.69 Å². The van der Waals surface area contributed by atoms with Crippen LogP contribution in [-0.4, -0.2) is 59.5 Å². The van der Waals surface area contributed by atoms with Crippen molar-refractivity contribution in [1.82, 2.24) is 19.0 Å². The molecule has 1 amide bonds. The topological polar surface area (TPSA) is 75.5 Å². The molecule has 0 N–H and O–H groups in total. The maximum atomic E-state index is 13.1. The molecular weight excluding hydrogens is 424 g/mol. The van der Waals surface area contributed by atoms with Crippen LogP contribution in [0.25, 0.3) is 5.69 Å². The third-order valence-corrected chi connectivity index (χ3v) is 7.68. The van der Waals surface area contributed by atoms with Gasteiger partial charge in [-0.25, -0.2) is 13.1 Å². The molecule has 1 aliphatic rings. The van der Waals surface area contributed by atoms with Gasteiger partial charge in [0.25, 0.3) is 5.91 Å². The zero-order valence-electron chi connectivity index (χ0n) is 18.6. The summed E-state index contributed by atoms with van der Waals surface area (Å²) in [5.41, 5.74) is 2.51. The maximum absolute atomic E-state index is 13.1. The third-order valence-electron chi connectivity index (χ3n) is 5.77. The van der Waals surface area contributed by atoms with Crippen molar-refractivity contribution >= 4 is 15.9 Å². The van der Waals surface area contributed by atoms with Crippen molar-refractivity contribution < 1.29 is 13.2 Å². The van der Waals surface area contributed by atoms with E-state index in [0.717, 1.165) is 11.3 Å². The monoisotopic (exact) mass is 452 g/mol. The molecule has 2 heterocycles. The molecule has 0 spiro atoms. The normalized spacial score (nSPS) is 15.7. The van der Waals surface area contributed by atoms with E-state index in [1.807, 2.05) is 36.5 Å². The largest absolute Gasteiger partial charge is 0.336 e. The van der Waals surface area contributed by atoms with Crippen molar-refractivity contribution in [2.45, 2.75) is 31.1 Å². The fourth-order valence-electron chi connectivity index (χ4n) is 3.77. The molecule has 1 aliphatic heterocycles. The van der Waals surface area contributed by atoms with Gasteiger partial charge in [0.05, 0.1) is 10.6 Å². The number of sulfonamides is 1. The summed E-state index contributed by atoms with van der Waals surface area (Å²) in [7, 11) is -3.58. The number of hydrogen-bond acceptors (Lipinski definition) is 4. The Morgan fingerprint density at radius 2 is 1.53 bits per heavy atom. The molecule has 0 aliphatic carbocycles. The van der Waals surface area contributed by atoms with Gasteiger partial charge in [-0.15, -0.1) is 0 Å². The Morgan fingerprint density at radius 3 is 2.06 bits per heavy atom. The Bertz CT molecular complexity index is 1170. The van der Waals surface area contributed by atoms with Crippen molar-refractivity contribution in [2.75, 3.05) is 26.2 Å². The highest BCUT2D eigenvalue weighted by atomic mass is 32.2. The van der Waals surface area contributed by atoms with Gasteiger partial charge in [0.15, 0.2) is 0 Å². The van der Waals surface area contributed by atoms with Gasteiger partial charge in [-0.3, -0.25) is 4.79 Å². The Hall–Kier alpha value is -2.97. The predicted molar refractivity (Wildman–Crippen MR) is 123 cm³/mol. The molecule has 32 heavy (non-hydrogen) atoms. The van der Waals surface area contributed by atoms with Gasteiger partial charge in [-0.1, -0.05) is 32.9 Å². The molecule has 8 heteroatoms. The van der Waals surface area contributed by atoms with Crippen LogP contribution in [-0.2, 0) is 15.4 Å². The van der Waals surface area contributed by atoms with Gasteiger partial charge in [-0.05, 0) is 53.4 Å². The van der Waals surface area contributed by atoms with Gasteiger partial charge in [0, 0.05) is 44.1 Å². The zero-order valence-corrected chi connectivity index (χ0v) is 19.4. The number of carbonyl (C=O) groups is 1. The summed E-state index contributed by atoms with van der Waals surface area (Å²) in [6.45, 7) is 7.56. The summed E-state index contributed by atoms with van der Waals surface area (Å²) in [4.78, 5) is 14.9. The van der Waals surface area contributed by atoms with Crippen molar-refractivity contribution in [3.63, 3.8) is 0 Å². The van der Waals surface area contributed by atoms with Gasteiger partial charge in [0.1, 0.15) is 0 Å². The minimum Gasteiger partial charge on any atom is -0.336 e. The second-order valence-corrected chi connectivity index (χ2v) is 10.9. The van der Waals surface area contributed by atoms with Gasteiger partial charge in [-0.2, -0.15) is 9.40 Å². The Labute approximate surface area is 189 Å². The first-order valence-corrected chi connectivity index (χ1v) is 12.1. The van der Waals surface area contributed by atoms with Crippen LogP contribution in [0, 0.1) is 0 Å². The lowest BCUT2D eigenvalue weighted by Crippen LogP contribution is -2.50. The lowest BCUT2D eigenvalue weighted by Gasteiger charge is -2.34. The van der Waals surface area contributed by atoms with Crippen molar-refractivity contribution in [2.24, 2.45) is 0 Å². The molecule has 1 fully saturated rings. The summed E-state index contributed by atoms with van der Waals surface area (Å²) >= 11 is 0. The summed E-state index contributed by atoms with van der Waals surface area (Å²) < 4.78 is 29.3. The SMILES string of the molecule is CC(C)(C)c1ccc(S(=O)(=O)N2CCN(C(=O)c3ccc(-n4cccn4)cc3)CC2)cc1. The molecule has 3 aromatic rings. The molecule has 0 unspecified atom stereocenters. The standard InChI is InChI=1S/C24H28N4O3S/c1-24(2,3)20-7-11-22(12-8-20)32(30,31)27-17-15-26(16-18-27)23(29)19-5-9-21(10-6-19)28-14-4-13-25-28/h4-14H,15-18H2,1-3H3. The zero-order chi connectivity index (χ0) is 22.9. The van der Waals surface area contributed by atoms with E-state index in [9.17, 15) is 13.2 Å². The molecule has 1 saturated heterocycles. The molecule has 0 radical (unpaired) electrons. The number of amides is 1. The quantitative estimate of drug-likeness (QED) is 0.609. The highest BCUT2D eigenvalue weighted by Crippen LogP contribution is 2.25. The minimum atomic E-state index is -3.58. The number of hydrogen-bond donors (Lipinski definition) is 0. The molecule has 0 bridgehead atoms. The summed E-state index contributed by atoms with van der Waals surface area (Å²) in [6.07, 6.45) is 3.54. The number of aromatic nitrogens is 2. The second-order valence-electron chi connectivity index (χ2n) is 8.97. The van der Waals surface area contributed by atoms with E-state index in [1.54, 1.807) is 40.0 Å². The van der Waals surface area contributed by atoms with E-state index >= 15 is 0 Å². The first-order chi connectivity index (χ1) is 15.2. The smallest absolute Gasteiger partial charge is 0.253 e. The highest BCUT2D eigenvalue weighted by molar-refractivity contribution is 7.89. The van der Waals surface area contributed by atoms with Gasteiger partial charge < -0.3 is 4.90 Å². The van der Waals surface area contributed by atoms with Crippen molar-refractivity contribution in [1.29, 1.82) is 0 Å². The number of carbonyl (C=O) groups excluding carboxylic acids is 1. The number of rotatable bonds is 4. The van der Waals surface area contributed by atoms with E-state index in [1.165, 1.54) is 4.31 Å². The number of benzene rings is 2. The van der Waals surface area contributed by atoms with E-state index < -0.39 is 10.0 Å². The Morgan fingerprint density at radius 1 is 0.906 bits per heavy atom. The first kappa shape index (κ1) is 22.2. The van der Waals surface area contributed by atoms with E-state index in [0.29, 0.717) is 23.5 Å². The number of nitrogens with zero attached hydrogens (tertiary/aromatic N) is 4. The first-order valence-electron chi connectivity index (χ1n) is 10.7. The molecule has 0 saturated carbocycles. The van der Waals surface area contributed by atoms with Crippen LogP contribution < -0.4 is 0 Å². The molecule has 0 atom stereocenters.